The molecule has 0 radical (unpaired) electrons. The van der Waals surface area contributed by atoms with Crippen molar-refractivity contribution in [1.82, 2.24) is 15.2 Å². The molecule has 0 aliphatic rings. The highest BCUT2D eigenvalue weighted by Crippen LogP contribution is 2.24. The largest absolute Gasteiger partial charge is 0.347 e. The zero-order valence-electron chi connectivity index (χ0n) is 12.2. The van der Waals surface area contributed by atoms with Crippen LogP contribution in [0.2, 0.25) is 0 Å². The van der Waals surface area contributed by atoms with Crippen molar-refractivity contribution in [2.45, 2.75) is 26.3 Å². The van der Waals surface area contributed by atoms with Crippen molar-refractivity contribution < 1.29 is 0 Å². The topological polar surface area (TPSA) is 31.4 Å². The molecule has 104 valence electrons. The maximum atomic E-state index is 4.74. The van der Waals surface area contributed by atoms with Crippen LogP contribution >= 0.6 is 11.3 Å². The first kappa shape index (κ1) is 15.4. The first-order chi connectivity index (χ1) is 8.58. The van der Waals surface area contributed by atoms with E-state index >= 15 is 0 Å². The molecular formula is C13H26N4S. The van der Waals surface area contributed by atoms with Gasteiger partial charge >= 0.3 is 0 Å². The van der Waals surface area contributed by atoms with E-state index in [1.807, 2.05) is 7.05 Å². The normalized spacial score (nSPS) is 13.0. The van der Waals surface area contributed by atoms with E-state index in [1.54, 1.807) is 11.3 Å². The summed E-state index contributed by atoms with van der Waals surface area (Å²) in [5.41, 5.74) is 1.14. The van der Waals surface area contributed by atoms with Gasteiger partial charge < -0.3 is 15.1 Å². The number of hydrogen-bond acceptors (Lipinski definition) is 5. The Morgan fingerprint density at radius 1 is 1.33 bits per heavy atom. The Morgan fingerprint density at radius 2 is 2.06 bits per heavy atom. The molecule has 0 spiro atoms. The van der Waals surface area contributed by atoms with E-state index in [-0.39, 0.29) is 0 Å². The quantitative estimate of drug-likeness (QED) is 0.785. The van der Waals surface area contributed by atoms with Crippen LogP contribution < -0.4 is 10.2 Å². The molecule has 0 saturated carbocycles. The number of nitrogens with zero attached hydrogens (tertiary/aromatic N) is 3. The average molecular weight is 270 g/mol. The molecule has 5 heteroatoms. The minimum Gasteiger partial charge on any atom is -0.347 e. The summed E-state index contributed by atoms with van der Waals surface area (Å²) >= 11 is 1.75. The average Bonchev–Trinajstić information content (AvgIpc) is 2.82. The van der Waals surface area contributed by atoms with Gasteiger partial charge in [-0.1, -0.05) is 6.92 Å². The van der Waals surface area contributed by atoms with E-state index in [0.29, 0.717) is 6.04 Å². The number of likely N-dealkylation sites (N-methyl/N-ethyl adjacent to an activating group) is 1. The Bertz CT molecular complexity index is 337. The maximum absolute atomic E-state index is 4.74. The molecule has 0 fully saturated rings. The molecule has 1 N–H and O–H groups in total. The molecular weight excluding hydrogens is 244 g/mol. The molecule has 0 aliphatic carbocycles. The third-order valence-corrected chi connectivity index (χ3v) is 3.89. The van der Waals surface area contributed by atoms with Gasteiger partial charge in [0.05, 0.1) is 5.69 Å². The van der Waals surface area contributed by atoms with Crippen LogP contribution in [0, 0.1) is 0 Å². The van der Waals surface area contributed by atoms with Crippen LogP contribution in [0.4, 0.5) is 5.13 Å². The molecule has 0 amide bonds. The summed E-state index contributed by atoms with van der Waals surface area (Å²) in [7, 11) is 6.19. The number of nitrogens with one attached hydrogen (secondary N) is 1. The molecule has 0 bridgehead atoms. The predicted molar refractivity (Wildman–Crippen MR) is 80.6 cm³/mol. The lowest BCUT2D eigenvalue weighted by Gasteiger charge is -2.23. The molecule has 1 atom stereocenters. The van der Waals surface area contributed by atoms with Crippen molar-refractivity contribution in [3.05, 3.63) is 11.1 Å². The highest BCUT2D eigenvalue weighted by atomic mass is 32.1. The minimum absolute atomic E-state index is 0.326. The van der Waals surface area contributed by atoms with E-state index in [0.717, 1.165) is 36.9 Å². The summed E-state index contributed by atoms with van der Waals surface area (Å²) < 4.78 is 0. The Morgan fingerprint density at radius 3 is 2.61 bits per heavy atom. The molecule has 0 aliphatic heterocycles. The highest BCUT2D eigenvalue weighted by molar-refractivity contribution is 7.13. The Labute approximate surface area is 115 Å². The summed E-state index contributed by atoms with van der Waals surface area (Å²) in [6, 6.07) is 0.326. The fraction of sp³-hybridized carbons (Fsp3) is 0.769. The van der Waals surface area contributed by atoms with E-state index in [2.05, 4.69) is 48.4 Å². The van der Waals surface area contributed by atoms with Gasteiger partial charge in [0.1, 0.15) is 0 Å². The smallest absolute Gasteiger partial charge is 0.185 e. The second-order valence-electron chi connectivity index (χ2n) is 4.86. The van der Waals surface area contributed by atoms with Gasteiger partial charge in [-0.25, -0.2) is 4.98 Å². The Hall–Kier alpha value is -0.650. The van der Waals surface area contributed by atoms with Crippen molar-refractivity contribution in [2.75, 3.05) is 45.7 Å². The summed E-state index contributed by atoms with van der Waals surface area (Å²) in [4.78, 5) is 9.34. The zero-order valence-corrected chi connectivity index (χ0v) is 13.0. The van der Waals surface area contributed by atoms with E-state index < -0.39 is 0 Å². The minimum atomic E-state index is 0.326. The Balaban J connectivity index is 2.69. The van der Waals surface area contributed by atoms with E-state index in [9.17, 15) is 0 Å². The van der Waals surface area contributed by atoms with Crippen LogP contribution in [-0.2, 0) is 0 Å². The summed E-state index contributed by atoms with van der Waals surface area (Å²) in [5.74, 6) is 0. The van der Waals surface area contributed by atoms with Gasteiger partial charge in [0.2, 0.25) is 0 Å². The van der Waals surface area contributed by atoms with Gasteiger partial charge in [-0.2, -0.15) is 0 Å². The lowest BCUT2D eigenvalue weighted by atomic mass is 10.3. The van der Waals surface area contributed by atoms with Crippen molar-refractivity contribution in [3.8, 4) is 0 Å². The standard InChI is InChI=1S/C13H26N4S/c1-6-7-17(9-8-16(4)5)13-15-12(10-18-13)11(2)14-3/h10-11,14H,6-9H2,1-5H3. The molecule has 1 rings (SSSR count). The molecule has 1 unspecified atom stereocenters. The number of hydrogen-bond donors (Lipinski definition) is 1. The first-order valence-electron chi connectivity index (χ1n) is 6.60. The monoisotopic (exact) mass is 270 g/mol. The van der Waals surface area contributed by atoms with Crippen LogP contribution in [0.15, 0.2) is 5.38 Å². The number of thiazole rings is 1. The van der Waals surface area contributed by atoms with Crippen LogP contribution in [0.1, 0.15) is 32.0 Å². The third kappa shape index (κ3) is 4.55. The summed E-state index contributed by atoms with van der Waals surface area (Å²) in [6.45, 7) is 7.54. The second kappa shape index (κ2) is 7.71. The lowest BCUT2D eigenvalue weighted by molar-refractivity contribution is 0.413. The summed E-state index contributed by atoms with van der Waals surface area (Å²) in [6.07, 6.45) is 1.16. The second-order valence-corrected chi connectivity index (χ2v) is 5.69. The molecule has 0 aromatic carbocycles. The van der Waals surface area contributed by atoms with Gasteiger partial charge in [0, 0.05) is 31.1 Å². The van der Waals surface area contributed by atoms with Crippen LogP contribution in [0.5, 0.6) is 0 Å². The SMILES string of the molecule is CCCN(CCN(C)C)c1nc(C(C)NC)cs1. The highest BCUT2D eigenvalue weighted by Gasteiger charge is 2.13. The molecule has 1 aromatic heterocycles. The Kier molecular flexibility index (Phi) is 6.60. The van der Waals surface area contributed by atoms with Gasteiger partial charge in [0.25, 0.3) is 0 Å². The number of aromatic nitrogens is 1. The summed E-state index contributed by atoms with van der Waals surface area (Å²) in [5, 5.41) is 6.54. The molecule has 1 aromatic rings. The number of rotatable bonds is 8. The molecule has 0 saturated heterocycles. The maximum Gasteiger partial charge on any atom is 0.185 e. The predicted octanol–water partition coefficient (Wildman–Crippen LogP) is 2.20. The van der Waals surface area contributed by atoms with Gasteiger partial charge in [-0.15, -0.1) is 11.3 Å². The van der Waals surface area contributed by atoms with Gasteiger partial charge in [-0.05, 0) is 34.5 Å². The van der Waals surface area contributed by atoms with E-state index in [4.69, 9.17) is 4.98 Å². The van der Waals surface area contributed by atoms with E-state index in [1.165, 1.54) is 0 Å². The van der Waals surface area contributed by atoms with Gasteiger partial charge in [0.15, 0.2) is 5.13 Å². The van der Waals surface area contributed by atoms with Crippen molar-refractivity contribution >= 4 is 16.5 Å². The van der Waals surface area contributed by atoms with Crippen LogP contribution in [-0.4, -0.2) is 50.7 Å². The van der Waals surface area contributed by atoms with Crippen molar-refractivity contribution in [1.29, 1.82) is 0 Å². The number of anilines is 1. The molecule has 1 heterocycles. The fourth-order valence-electron chi connectivity index (χ4n) is 1.66. The third-order valence-electron chi connectivity index (χ3n) is 2.97. The molecule has 4 nitrogen and oxygen atoms in total. The first-order valence-corrected chi connectivity index (χ1v) is 7.48. The van der Waals surface area contributed by atoms with Crippen molar-refractivity contribution in [3.63, 3.8) is 0 Å². The zero-order chi connectivity index (χ0) is 13.5. The van der Waals surface area contributed by atoms with Gasteiger partial charge in [-0.3, -0.25) is 0 Å². The van der Waals surface area contributed by atoms with Crippen molar-refractivity contribution in [2.24, 2.45) is 0 Å². The van der Waals surface area contributed by atoms with Crippen LogP contribution in [0.3, 0.4) is 0 Å². The lowest BCUT2D eigenvalue weighted by Crippen LogP contribution is -2.32. The molecule has 18 heavy (non-hydrogen) atoms. The fourth-order valence-corrected chi connectivity index (χ4v) is 2.63. The van der Waals surface area contributed by atoms with Crippen LogP contribution in [0.25, 0.3) is 0 Å².